The van der Waals surface area contributed by atoms with Crippen LogP contribution in [0, 0.1) is 5.41 Å². The molecule has 0 saturated heterocycles. The quantitative estimate of drug-likeness (QED) is 0.278. The summed E-state index contributed by atoms with van der Waals surface area (Å²) in [5.41, 5.74) is 1.03. The van der Waals surface area contributed by atoms with Gasteiger partial charge in [-0.3, -0.25) is 19.2 Å². The van der Waals surface area contributed by atoms with E-state index >= 15 is 0 Å². The molecule has 1 aromatic rings. The first-order chi connectivity index (χ1) is 15.2. The van der Waals surface area contributed by atoms with Crippen LogP contribution in [-0.2, 0) is 55.7 Å². The van der Waals surface area contributed by atoms with Crippen molar-refractivity contribution in [1.29, 1.82) is 0 Å². The molecule has 3 atom stereocenters. The van der Waals surface area contributed by atoms with Crippen LogP contribution in [-0.4, -0.2) is 56.9 Å². The fourth-order valence-electron chi connectivity index (χ4n) is 4.11. The summed E-state index contributed by atoms with van der Waals surface area (Å²) in [6, 6.07) is 5.55. The second-order valence-corrected chi connectivity index (χ2v) is 7.80. The highest BCUT2D eigenvalue weighted by molar-refractivity contribution is 6.01. The van der Waals surface area contributed by atoms with Crippen LogP contribution in [0.3, 0.4) is 0 Å². The highest BCUT2D eigenvalue weighted by atomic mass is 16.6. The van der Waals surface area contributed by atoms with Crippen LogP contribution in [0.15, 0.2) is 30.4 Å². The molecule has 0 bridgehead atoms. The molecule has 2 aliphatic rings. The van der Waals surface area contributed by atoms with Crippen LogP contribution >= 0.6 is 0 Å². The molecule has 1 aliphatic heterocycles. The lowest BCUT2D eigenvalue weighted by Crippen LogP contribution is -2.42. The number of carbonyl (C=O) groups excluding carboxylic acids is 4. The minimum Gasteiger partial charge on any atom is -0.468 e. The molecular formula is C23H26O9. The Hall–Kier alpha value is -3.20. The number of esters is 4. The largest absolute Gasteiger partial charge is 0.468 e. The monoisotopic (exact) mass is 446 g/mol. The van der Waals surface area contributed by atoms with Crippen LogP contribution in [0.2, 0.25) is 0 Å². The molecule has 0 radical (unpaired) electrons. The number of carbonyl (C=O) groups is 4. The summed E-state index contributed by atoms with van der Waals surface area (Å²) in [6.07, 6.45) is 1.91. The predicted octanol–water partition coefficient (Wildman–Crippen LogP) is 1.61. The molecule has 1 heterocycles. The van der Waals surface area contributed by atoms with Crippen molar-refractivity contribution in [3.8, 4) is 0 Å². The average molecular weight is 446 g/mol. The van der Waals surface area contributed by atoms with E-state index in [1.165, 1.54) is 28.1 Å². The fourth-order valence-corrected chi connectivity index (χ4v) is 4.11. The van der Waals surface area contributed by atoms with E-state index < -0.39 is 47.6 Å². The Balaban J connectivity index is 1.85. The van der Waals surface area contributed by atoms with E-state index in [4.69, 9.17) is 23.7 Å². The molecule has 1 aliphatic carbocycles. The summed E-state index contributed by atoms with van der Waals surface area (Å²) < 4.78 is 26.1. The highest BCUT2D eigenvalue weighted by Gasteiger charge is 2.52. The fraction of sp³-hybridized carbons (Fsp3) is 0.478. The van der Waals surface area contributed by atoms with Gasteiger partial charge < -0.3 is 23.7 Å². The number of fused-ring (bicyclic) bond motifs is 1. The van der Waals surface area contributed by atoms with E-state index in [2.05, 4.69) is 0 Å². The molecule has 9 nitrogen and oxygen atoms in total. The van der Waals surface area contributed by atoms with Gasteiger partial charge in [-0.25, -0.2) is 0 Å². The maximum atomic E-state index is 12.4. The number of hydrogen-bond donors (Lipinski definition) is 0. The van der Waals surface area contributed by atoms with Crippen LogP contribution in [0.5, 0.6) is 0 Å². The van der Waals surface area contributed by atoms with Gasteiger partial charge in [0.25, 0.3) is 0 Å². The van der Waals surface area contributed by atoms with Gasteiger partial charge in [0, 0.05) is 13.8 Å². The highest BCUT2D eigenvalue weighted by Crippen LogP contribution is 2.41. The van der Waals surface area contributed by atoms with Gasteiger partial charge in [-0.15, -0.1) is 0 Å². The second kappa shape index (κ2) is 9.52. The van der Waals surface area contributed by atoms with Crippen LogP contribution in [0.4, 0.5) is 0 Å². The molecule has 0 N–H and O–H groups in total. The van der Waals surface area contributed by atoms with Gasteiger partial charge >= 0.3 is 23.9 Å². The van der Waals surface area contributed by atoms with Crippen molar-refractivity contribution in [2.24, 2.45) is 5.41 Å². The van der Waals surface area contributed by atoms with Crippen LogP contribution in [0.1, 0.15) is 36.6 Å². The molecule has 0 unspecified atom stereocenters. The Labute approximate surface area is 185 Å². The van der Waals surface area contributed by atoms with Crippen molar-refractivity contribution in [2.45, 2.75) is 45.0 Å². The summed E-state index contributed by atoms with van der Waals surface area (Å²) in [6.45, 7) is 2.50. The van der Waals surface area contributed by atoms with Crippen molar-refractivity contribution in [1.82, 2.24) is 0 Å². The molecule has 1 aromatic carbocycles. The Kier molecular flexibility index (Phi) is 6.98. The van der Waals surface area contributed by atoms with Gasteiger partial charge in [0.15, 0.2) is 5.41 Å². The summed E-state index contributed by atoms with van der Waals surface area (Å²) in [4.78, 5) is 47.5. The number of methoxy groups -OCH3 is 2. The second-order valence-electron chi connectivity index (χ2n) is 7.80. The van der Waals surface area contributed by atoms with Gasteiger partial charge in [0.2, 0.25) is 0 Å². The smallest absolute Gasteiger partial charge is 0.323 e. The Morgan fingerprint density at radius 3 is 2.22 bits per heavy atom. The van der Waals surface area contributed by atoms with Crippen LogP contribution < -0.4 is 0 Å². The zero-order chi connectivity index (χ0) is 23.5. The number of benzene rings is 1. The van der Waals surface area contributed by atoms with E-state index in [0.717, 1.165) is 16.7 Å². The summed E-state index contributed by atoms with van der Waals surface area (Å²) in [7, 11) is 2.48. The SMILES string of the molecule is COC(=O)C1(C(=O)OC)Cc2ccc([C@@H]3C=C[C@H](OC(C)=O)[C@@H](COC(C)=O)O3)cc2C1. The van der Waals surface area contributed by atoms with E-state index in [1.54, 1.807) is 12.2 Å². The lowest BCUT2D eigenvalue weighted by Gasteiger charge is -2.31. The Bertz CT molecular complexity index is 933. The maximum Gasteiger partial charge on any atom is 0.323 e. The van der Waals surface area contributed by atoms with Crippen molar-refractivity contribution in [2.75, 3.05) is 20.8 Å². The lowest BCUT2D eigenvalue weighted by atomic mass is 9.85. The minimum absolute atomic E-state index is 0.0765. The third-order valence-electron chi connectivity index (χ3n) is 5.61. The average Bonchev–Trinajstić information content (AvgIpc) is 3.16. The molecule has 172 valence electrons. The van der Waals surface area contributed by atoms with E-state index in [9.17, 15) is 19.2 Å². The zero-order valence-electron chi connectivity index (χ0n) is 18.4. The Morgan fingerprint density at radius 1 is 0.969 bits per heavy atom. The molecular weight excluding hydrogens is 420 g/mol. The van der Waals surface area contributed by atoms with Gasteiger partial charge in [-0.05, 0) is 35.6 Å². The molecule has 0 fully saturated rings. The number of ether oxygens (including phenoxy) is 5. The topological polar surface area (TPSA) is 114 Å². The van der Waals surface area contributed by atoms with E-state index in [1.807, 2.05) is 18.2 Å². The predicted molar refractivity (Wildman–Crippen MR) is 109 cm³/mol. The van der Waals surface area contributed by atoms with Crippen LogP contribution in [0.25, 0.3) is 0 Å². The van der Waals surface area contributed by atoms with Gasteiger partial charge in [0.05, 0.1) is 14.2 Å². The number of rotatable bonds is 6. The normalized spacial score (nSPS) is 23.1. The molecule has 3 rings (SSSR count). The third kappa shape index (κ3) is 4.67. The maximum absolute atomic E-state index is 12.4. The van der Waals surface area contributed by atoms with Crippen molar-refractivity contribution < 1.29 is 42.9 Å². The van der Waals surface area contributed by atoms with E-state index in [0.29, 0.717) is 0 Å². The number of hydrogen-bond acceptors (Lipinski definition) is 9. The zero-order valence-corrected chi connectivity index (χ0v) is 18.4. The van der Waals surface area contributed by atoms with Crippen molar-refractivity contribution in [3.05, 3.63) is 47.0 Å². The molecule has 9 heteroatoms. The molecule has 0 spiro atoms. The molecule has 0 saturated carbocycles. The summed E-state index contributed by atoms with van der Waals surface area (Å²) >= 11 is 0. The molecule has 0 aromatic heterocycles. The van der Waals surface area contributed by atoms with Gasteiger partial charge in [-0.2, -0.15) is 0 Å². The Morgan fingerprint density at radius 2 is 1.62 bits per heavy atom. The standard InChI is InChI=1S/C23H26O9/c1-13(24)30-12-20-19(31-14(2)25)8-7-18(32-20)15-5-6-16-10-23(21(26)28-3,22(27)29-4)11-17(16)9-15/h5-9,18-20H,10-12H2,1-4H3/t18-,19-,20+/m0/s1. The third-order valence-corrected chi connectivity index (χ3v) is 5.61. The molecule has 0 amide bonds. The first kappa shape index (κ1) is 23.5. The minimum atomic E-state index is -1.41. The first-order valence-corrected chi connectivity index (χ1v) is 10.1. The summed E-state index contributed by atoms with van der Waals surface area (Å²) in [5, 5.41) is 0. The van der Waals surface area contributed by atoms with Crippen molar-refractivity contribution >= 4 is 23.9 Å². The molecule has 32 heavy (non-hydrogen) atoms. The van der Waals surface area contributed by atoms with E-state index in [-0.39, 0.29) is 19.4 Å². The lowest BCUT2D eigenvalue weighted by molar-refractivity contribution is -0.168. The van der Waals surface area contributed by atoms with Gasteiger partial charge in [-0.1, -0.05) is 24.3 Å². The van der Waals surface area contributed by atoms with Crippen molar-refractivity contribution in [3.63, 3.8) is 0 Å². The first-order valence-electron chi connectivity index (χ1n) is 10.1. The summed E-state index contributed by atoms with van der Waals surface area (Å²) in [5.74, 6) is -2.22. The van der Waals surface area contributed by atoms with Gasteiger partial charge in [0.1, 0.15) is 24.9 Å².